The number of aromatic amines is 1. The van der Waals surface area contributed by atoms with Crippen molar-refractivity contribution in [1.29, 1.82) is 0 Å². The zero-order valence-electron chi connectivity index (χ0n) is 12.9. The van der Waals surface area contributed by atoms with Gasteiger partial charge in [0.1, 0.15) is 0 Å². The first-order chi connectivity index (χ1) is 12.0. The van der Waals surface area contributed by atoms with Crippen LogP contribution in [0.2, 0.25) is 10.0 Å². The second-order valence-corrected chi connectivity index (χ2v) is 6.61. The molecule has 0 saturated carbocycles. The van der Waals surface area contributed by atoms with E-state index in [0.29, 0.717) is 10.5 Å². The molecule has 0 spiro atoms. The highest BCUT2D eigenvalue weighted by Gasteiger charge is 2.13. The lowest BCUT2D eigenvalue weighted by atomic mass is 10.0. The predicted molar refractivity (Wildman–Crippen MR) is 102 cm³/mol. The number of nitrogens with zero attached hydrogens (tertiary/aromatic N) is 1. The number of hydrogen-bond donors (Lipinski definition) is 1. The van der Waals surface area contributed by atoms with Crippen LogP contribution in [0.5, 0.6) is 0 Å². The molecule has 0 amide bonds. The van der Waals surface area contributed by atoms with Gasteiger partial charge in [-0.1, -0.05) is 65.7 Å². The van der Waals surface area contributed by atoms with Crippen LogP contribution in [-0.2, 0) is 6.54 Å². The Hall–Kier alpha value is -2.56. The molecule has 4 rings (SSSR count). The average molecular weight is 371 g/mol. The summed E-state index contributed by atoms with van der Waals surface area (Å²) in [5, 5.41) is 2.88. The van der Waals surface area contributed by atoms with Gasteiger partial charge < -0.3 is 4.98 Å². The molecule has 4 aromatic rings. The van der Waals surface area contributed by atoms with Gasteiger partial charge in [-0.05, 0) is 28.5 Å². The summed E-state index contributed by atoms with van der Waals surface area (Å²) in [6.07, 6.45) is 0. The molecule has 0 fully saturated rings. The number of H-pyrrole nitrogens is 1. The topological polar surface area (TPSA) is 54.9 Å². The van der Waals surface area contributed by atoms with Gasteiger partial charge in [-0.25, -0.2) is 4.79 Å². The van der Waals surface area contributed by atoms with Crippen molar-refractivity contribution in [2.24, 2.45) is 0 Å². The van der Waals surface area contributed by atoms with Crippen LogP contribution in [0.15, 0.2) is 64.2 Å². The van der Waals surface area contributed by atoms with Crippen molar-refractivity contribution in [3.63, 3.8) is 0 Å². The van der Waals surface area contributed by atoms with Crippen LogP contribution in [0.1, 0.15) is 5.56 Å². The number of hydrogen-bond acceptors (Lipinski definition) is 2. The third-order valence-electron chi connectivity index (χ3n) is 4.21. The molecule has 0 aliphatic rings. The van der Waals surface area contributed by atoms with E-state index in [2.05, 4.69) is 4.98 Å². The lowest BCUT2D eigenvalue weighted by molar-refractivity contribution is 0.715. The highest BCUT2D eigenvalue weighted by atomic mass is 35.5. The van der Waals surface area contributed by atoms with Gasteiger partial charge in [0, 0.05) is 5.02 Å². The first-order valence-corrected chi connectivity index (χ1v) is 8.39. The Labute approximate surface area is 152 Å². The van der Waals surface area contributed by atoms with Crippen molar-refractivity contribution in [2.45, 2.75) is 6.54 Å². The van der Waals surface area contributed by atoms with Gasteiger partial charge in [-0.15, -0.1) is 0 Å². The third kappa shape index (κ3) is 2.73. The largest absolute Gasteiger partial charge is 0.329 e. The maximum atomic E-state index is 12.8. The van der Waals surface area contributed by atoms with Crippen molar-refractivity contribution in [2.75, 3.05) is 0 Å². The Kier molecular flexibility index (Phi) is 3.86. The van der Waals surface area contributed by atoms with Gasteiger partial charge >= 0.3 is 5.69 Å². The zero-order valence-corrected chi connectivity index (χ0v) is 14.4. The van der Waals surface area contributed by atoms with Gasteiger partial charge in [0.05, 0.1) is 22.5 Å². The molecule has 0 saturated heterocycles. The summed E-state index contributed by atoms with van der Waals surface area (Å²) < 4.78 is 1.16. The maximum Gasteiger partial charge on any atom is 0.329 e. The van der Waals surface area contributed by atoms with Crippen molar-refractivity contribution in [3.8, 4) is 0 Å². The Morgan fingerprint density at radius 1 is 0.960 bits per heavy atom. The third-order valence-corrected chi connectivity index (χ3v) is 4.73. The summed E-state index contributed by atoms with van der Waals surface area (Å²) in [5.74, 6) is 0. The van der Waals surface area contributed by atoms with Crippen LogP contribution in [0, 0.1) is 0 Å². The lowest BCUT2D eigenvalue weighted by Gasteiger charge is -2.10. The Balaban J connectivity index is 1.96. The van der Waals surface area contributed by atoms with Crippen molar-refractivity contribution >= 4 is 44.9 Å². The molecule has 1 heterocycles. The number of aromatic nitrogens is 2. The van der Waals surface area contributed by atoms with Crippen molar-refractivity contribution in [3.05, 3.63) is 91.0 Å². The van der Waals surface area contributed by atoms with E-state index in [4.69, 9.17) is 23.2 Å². The number of nitrogens with one attached hydrogen (secondary N) is 1. The SMILES string of the molecule is O=c1[nH]c2cc(Cl)cc(Cl)c2c(=O)n1Cc1cccc2ccccc12. The van der Waals surface area contributed by atoms with Gasteiger partial charge in [0.2, 0.25) is 0 Å². The lowest BCUT2D eigenvalue weighted by Crippen LogP contribution is -2.35. The van der Waals surface area contributed by atoms with E-state index in [1.54, 1.807) is 0 Å². The monoisotopic (exact) mass is 370 g/mol. The fraction of sp³-hybridized carbons (Fsp3) is 0.0526. The van der Waals surface area contributed by atoms with Gasteiger partial charge in [0.25, 0.3) is 5.56 Å². The minimum absolute atomic E-state index is 0.157. The quantitative estimate of drug-likeness (QED) is 0.574. The minimum atomic E-state index is -0.497. The number of benzene rings is 3. The van der Waals surface area contributed by atoms with E-state index in [9.17, 15) is 9.59 Å². The number of halogens is 2. The molecule has 1 N–H and O–H groups in total. The molecule has 4 nitrogen and oxygen atoms in total. The van der Waals surface area contributed by atoms with Crippen LogP contribution >= 0.6 is 23.2 Å². The molecule has 124 valence electrons. The van der Waals surface area contributed by atoms with Crippen molar-refractivity contribution in [1.82, 2.24) is 9.55 Å². The molecule has 0 atom stereocenters. The molecular formula is C19H12Cl2N2O2. The Bertz CT molecular complexity index is 1240. The zero-order chi connectivity index (χ0) is 17.6. The Morgan fingerprint density at radius 2 is 1.72 bits per heavy atom. The molecule has 0 radical (unpaired) electrons. The van der Waals surface area contributed by atoms with Crippen LogP contribution in [0.25, 0.3) is 21.7 Å². The fourth-order valence-corrected chi connectivity index (χ4v) is 3.62. The summed E-state index contributed by atoms with van der Waals surface area (Å²) in [4.78, 5) is 28.0. The highest BCUT2D eigenvalue weighted by Crippen LogP contribution is 2.24. The normalized spacial score (nSPS) is 11.3. The summed E-state index contributed by atoms with van der Waals surface area (Å²) in [7, 11) is 0. The van der Waals surface area contributed by atoms with Crippen LogP contribution < -0.4 is 11.2 Å². The van der Waals surface area contributed by atoms with E-state index < -0.39 is 11.2 Å². The highest BCUT2D eigenvalue weighted by molar-refractivity contribution is 6.38. The van der Waals surface area contributed by atoms with Crippen molar-refractivity contribution < 1.29 is 0 Å². The fourth-order valence-electron chi connectivity index (χ4n) is 3.04. The van der Waals surface area contributed by atoms with Crippen LogP contribution in [0.4, 0.5) is 0 Å². The summed E-state index contributed by atoms with van der Waals surface area (Å²) in [6.45, 7) is 0.157. The maximum absolute atomic E-state index is 12.8. The van der Waals surface area contributed by atoms with Gasteiger partial charge in [-0.3, -0.25) is 9.36 Å². The molecule has 1 aromatic heterocycles. The van der Waals surface area contributed by atoms with Gasteiger partial charge in [0.15, 0.2) is 0 Å². The first-order valence-electron chi connectivity index (χ1n) is 7.63. The molecule has 0 aliphatic heterocycles. The minimum Gasteiger partial charge on any atom is -0.307 e. The van der Waals surface area contributed by atoms with Crippen LogP contribution in [-0.4, -0.2) is 9.55 Å². The molecule has 0 aliphatic carbocycles. The molecule has 6 heteroatoms. The molecule has 0 unspecified atom stereocenters. The Morgan fingerprint density at radius 3 is 2.56 bits per heavy atom. The summed E-state index contributed by atoms with van der Waals surface area (Å²) >= 11 is 12.1. The smallest absolute Gasteiger partial charge is 0.307 e. The molecule has 3 aromatic carbocycles. The van der Waals surface area contributed by atoms with E-state index in [0.717, 1.165) is 20.9 Å². The molecule has 25 heavy (non-hydrogen) atoms. The standard InChI is InChI=1S/C19H12Cl2N2O2/c20-13-8-15(21)17-16(9-13)22-19(25)23(18(17)24)10-12-6-3-5-11-4-1-2-7-14(11)12/h1-9H,10H2,(H,22,25). The second-order valence-electron chi connectivity index (χ2n) is 5.77. The number of rotatable bonds is 2. The molecule has 0 bridgehead atoms. The number of fused-ring (bicyclic) bond motifs is 2. The van der Waals surface area contributed by atoms with Gasteiger partial charge in [-0.2, -0.15) is 0 Å². The van der Waals surface area contributed by atoms with E-state index >= 15 is 0 Å². The van der Waals surface area contributed by atoms with E-state index in [1.807, 2.05) is 42.5 Å². The second kappa shape index (κ2) is 6.06. The first kappa shape index (κ1) is 15.9. The summed E-state index contributed by atoms with van der Waals surface area (Å²) in [5.41, 5.74) is 0.286. The average Bonchev–Trinajstić information content (AvgIpc) is 2.57. The van der Waals surface area contributed by atoms with Crippen LogP contribution in [0.3, 0.4) is 0 Å². The molecular weight excluding hydrogens is 359 g/mol. The summed E-state index contributed by atoms with van der Waals surface area (Å²) in [6, 6.07) is 16.7. The predicted octanol–water partition coefficient (Wildman–Crippen LogP) is 4.20. The van der Waals surface area contributed by atoms with E-state index in [-0.39, 0.29) is 17.0 Å². The van der Waals surface area contributed by atoms with E-state index in [1.165, 1.54) is 12.1 Å².